The van der Waals surface area contributed by atoms with Crippen LogP contribution in [-0.4, -0.2) is 15.6 Å². The highest BCUT2D eigenvalue weighted by atomic mass is 15.1. The summed E-state index contributed by atoms with van der Waals surface area (Å²) in [6, 6.07) is 0.442. The van der Waals surface area contributed by atoms with Gasteiger partial charge in [0.15, 0.2) is 0 Å². The van der Waals surface area contributed by atoms with Crippen molar-refractivity contribution in [2.24, 2.45) is 5.73 Å². The summed E-state index contributed by atoms with van der Waals surface area (Å²) in [5.41, 5.74) is 7.25. The van der Waals surface area contributed by atoms with Crippen LogP contribution >= 0.6 is 0 Å². The predicted molar refractivity (Wildman–Crippen MR) is 59.3 cm³/mol. The summed E-state index contributed by atoms with van der Waals surface area (Å²) in [6.07, 6.45) is 3.80. The van der Waals surface area contributed by atoms with E-state index in [1.807, 2.05) is 19.4 Å². The molecule has 2 atom stereocenters. The molecule has 0 saturated carbocycles. The summed E-state index contributed by atoms with van der Waals surface area (Å²) in [5.74, 6) is 0. The second kappa shape index (κ2) is 3.73. The number of nitrogens with zero attached hydrogens (tertiary/aromatic N) is 2. The second-order valence-electron chi connectivity index (χ2n) is 5.04. The third-order valence-corrected chi connectivity index (χ3v) is 2.63. The van der Waals surface area contributed by atoms with Gasteiger partial charge in [0.05, 0.1) is 6.33 Å². The van der Waals surface area contributed by atoms with Crippen molar-refractivity contribution in [3.63, 3.8) is 0 Å². The van der Waals surface area contributed by atoms with Gasteiger partial charge >= 0.3 is 0 Å². The molecule has 0 radical (unpaired) electrons. The van der Waals surface area contributed by atoms with Gasteiger partial charge in [-0.3, -0.25) is 0 Å². The molecule has 3 nitrogen and oxygen atoms in total. The van der Waals surface area contributed by atoms with Crippen molar-refractivity contribution in [3.8, 4) is 0 Å². The molecule has 0 aliphatic heterocycles. The molecule has 0 fully saturated rings. The maximum absolute atomic E-state index is 5.89. The first-order valence-electron chi connectivity index (χ1n) is 5.12. The van der Waals surface area contributed by atoms with Gasteiger partial charge in [-0.25, -0.2) is 4.98 Å². The van der Waals surface area contributed by atoms with Gasteiger partial charge in [0.1, 0.15) is 0 Å². The van der Waals surface area contributed by atoms with Crippen molar-refractivity contribution in [1.82, 2.24) is 9.55 Å². The monoisotopic (exact) mass is 195 g/mol. The minimum absolute atomic E-state index is 0.125. The second-order valence-corrected chi connectivity index (χ2v) is 5.04. The Bertz CT molecular complexity index is 294. The van der Waals surface area contributed by atoms with Gasteiger partial charge in [-0.05, 0) is 13.8 Å². The van der Waals surface area contributed by atoms with Crippen LogP contribution in [0.25, 0.3) is 0 Å². The fourth-order valence-electron chi connectivity index (χ4n) is 1.46. The maximum Gasteiger partial charge on any atom is 0.0951 e. The van der Waals surface area contributed by atoms with E-state index in [2.05, 4.69) is 37.2 Å². The normalized spacial score (nSPS) is 16.7. The van der Waals surface area contributed by atoms with E-state index < -0.39 is 0 Å². The van der Waals surface area contributed by atoms with Gasteiger partial charge in [-0.1, -0.05) is 20.8 Å². The molecule has 0 amide bonds. The van der Waals surface area contributed by atoms with Crippen LogP contribution in [0.3, 0.4) is 0 Å². The summed E-state index contributed by atoms with van der Waals surface area (Å²) in [5, 5.41) is 0. The van der Waals surface area contributed by atoms with Gasteiger partial charge in [0.2, 0.25) is 0 Å². The molecular formula is C11H21N3. The zero-order chi connectivity index (χ0) is 10.9. The van der Waals surface area contributed by atoms with Crippen LogP contribution in [0.15, 0.2) is 12.5 Å². The molecule has 1 aromatic rings. The number of hydrogen-bond donors (Lipinski definition) is 1. The highest BCUT2D eigenvalue weighted by Crippen LogP contribution is 2.25. The van der Waals surface area contributed by atoms with Crippen LogP contribution in [0.4, 0.5) is 0 Å². The maximum atomic E-state index is 5.89. The Kier molecular flexibility index (Phi) is 3.00. The van der Waals surface area contributed by atoms with Crippen molar-refractivity contribution in [1.29, 1.82) is 0 Å². The summed E-state index contributed by atoms with van der Waals surface area (Å²) in [7, 11) is 0. The van der Waals surface area contributed by atoms with Crippen LogP contribution in [0.5, 0.6) is 0 Å². The van der Waals surface area contributed by atoms with Crippen molar-refractivity contribution < 1.29 is 0 Å². The van der Waals surface area contributed by atoms with Gasteiger partial charge in [0, 0.05) is 29.4 Å². The minimum atomic E-state index is 0.125. The Labute approximate surface area is 86.3 Å². The standard InChI is InChI=1S/C11H21N3/c1-8(12)9(2)14-7-13-6-10(14)11(3,4)5/h6-9H,12H2,1-5H3. The zero-order valence-corrected chi connectivity index (χ0v) is 9.78. The quantitative estimate of drug-likeness (QED) is 0.785. The van der Waals surface area contributed by atoms with E-state index in [1.165, 1.54) is 5.69 Å². The molecule has 2 N–H and O–H groups in total. The van der Waals surface area contributed by atoms with Crippen molar-refractivity contribution in [3.05, 3.63) is 18.2 Å². The van der Waals surface area contributed by atoms with Gasteiger partial charge in [-0.2, -0.15) is 0 Å². The zero-order valence-electron chi connectivity index (χ0n) is 9.78. The first kappa shape index (κ1) is 11.2. The number of hydrogen-bond acceptors (Lipinski definition) is 2. The van der Waals surface area contributed by atoms with Crippen molar-refractivity contribution in [2.45, 2.75) is 52.1 Å². The molecule has 0 aliphatic rings. The molecule has 2 unspecified atom stereocenters. The Morgan fingerprint density at radius 1 is 1.36 bits per heavy atom. The molecule has 0 aromatic carbocycles. The van der Waals surface area contributed by atoms with Gasteiger partial charge in [-0.15, -0.1) is 0 Å². The van der Waals surface area contributed by atoms with E-state index in [0.29, 0.717) is 6.04 Å². The molecular weight excluding hydrogens is 174 g/mol. The SMILES string of the molecule is CC(N)C(C)n1cncc1C(C)(C)C. The molecule has 0 bridgehead atoms. The van der Waals surface area contributed by atoms with Crippen LogP contribution in [0.2, 0.25) is 0 Å². The van der Waals surface area contributed by atoms with Crippen LogP contribution < -0.4 is 5.73 Å². The average molecular weight is 195 g/mol. The van der Waals surface area contributed by atoms with Crippen LogP contribution in [0, 0.1) is 0 Å². The fourth-order valence-corrected chi connectivity index (χ4v) is 1.46. The first-order chi connectivity index (χ1) is 6.34. The lowest BCUT2D eigenvalue weighted by atomic mass is 9.92. The lowest BCUT2D eigenvalue weighted by Gasteiger charge is -2.26. The average Bonchev–Trinajstić information content (AvgIpc) is 2.48. The van der Waals surface area contributed by atoms with Gasteiger partial charge in [0.25, 0.3) is 0 Å². The van der Waals surface area contributed by atoms with E-state index >= 15 is 0 Å². The third kappa shape index (κ3) is 2.15. The smallest absolute Gasteiger partial charge is 0.0951 e. The fraction of sp³-hybridized carbons (Fsp3) is 0.727. The van der Waals surface area contributed by atoms with E-state index in [4.69, 9.17) is 5.73 Å². The van der Waals surface area contributed by atoms with Crippen LogP contribution in [0.1, 0.15) is 46.4 Å². The molecule has 80 valence electrons. The topological polar surface area (TPSA) is 43.8 Å². The molecule has 0 spiro atoms. The summed E-state index contributed by atoms with van der Waals surface area (Å²) in [6.45, 7) is 10.7. The number of rotatable bonds is 2. The predicted octanol–water partition coefficient (Wildman–Crippen LogP) is 2.09. The lowest BCUT2D eigenvalue weighted by molar-refractivity contribution is 0.419. The summed E-state index contributed by atoms with van der Waals surface area (Å²) >= 11 is 0. The molecule has 1 aromatic heterocycles. The number of nitrogens with two attached hydrogens (primary N) is 1. The molecule has 0 aliphatic carbocycles. The summed E-state index contributed by atoms with van der Waals surface area (Å²) in [4.78, 5) is 4.20. The van der Waals surface area contributed by atoms with Gasteiger partial charge < -0.3 is 10.3 Å². The largest absolute Gasteiger partial charge is 0.330 e. The lowest BCUT2D eigenvalue weighted by Crippen LogP contribution is -2.30. The van der Waals surface area contributed by atoms with Crippen LogP contribution in [-0.2, 0) is 5.41 Å². The first-order valence-corrected chi connectivity index (χ1v) is 5.12. The molecule has 3 heteroatoms. The Balaban J connectivity index is 3.05. The van der Waals surface area contributed by atoms with E-state index in [9.17, 15) is 0 Å². The van der Waals surface area contributed by atoms with E-state index in [-0.39, 0.29) is 11.5 Å². The minimum Gasteiger partial charge on any atom is -0.330 e. The number of imidazole rings is 1. The number of aromatic nitrogens is 2. The molecule has 14 heavy (non-hydrogen) atoms. The Morgan fingerprint density at radius 3 is 2.36 bits per heavy atom. The van der Waals surface area contributed by atoms with Crippen molar-refractivity contribution in [2.75, 3.05) is 0 Å². The molecule has 1 heterocycles. The van der Waals surface area contributed by atoms with E-state index in [1.54, 1.807) is 0 Å². The summed E-state index contributed by atoms with van der Waals surface area (Å²) < 4.78 is 2.17. The van der Waals surface area contributed by atoms with Crippen molar-refractivity contribution >= 4 is 0 Å². The third-order valence-electron chi connectivity index (χ3n) is 2.63. The molecule has 1 rings (SSSR count). The Hall–Kier alpha value is -0.830. The van der Waals surface area contributed by atoms with E-state index in [0.717, 1.165) is 0 Å². The highest BCUT2D eigenvalue weighted by Gasteiger charge is 2.22. The highest BCUT2D eigenvalue weighted by molar-refractivity contribution is 5.12. The molecule has 0 saturated heterocycles. The Morgan fingerprint density at radius 2 is 1.93 bits per heavy atom.